The number of nitrogens with zero attached hydrogens (tertiary/aromatic N) is 2. The highest BCUT2D eigenvalue weighted by Gasteiger charge is 2.31. The van der Waals surface area contributed by atoms with Gasteiger partial charge in [0.2, 0.25) is 5.91 Å². The normalized spacial score (nSPS) is 21.3. The zero-order valence-electron chi connectivity index (χ0n) is 16.4. The number of ether oxygens (including phenoxy) is 1. The van der Waals surface area contributed by atoms with Gasteiger partial charge >= 0.3 is 0 Å². The zero-order valence-corrected chi connectivity index (χ0v) is 16.4. The molecule has 0 aromatic heterocycles. The summed E-state index contributed by atoms with van der Waals surface area (Å²) in [6.45, 7) is 7.27. The standard InChI is InChI=1S/C21H31N3O3/c1-16-6-10-23(11-7-16)13-9-22-20(25)18-8-12-24(15-18)21(26)17-4-3-5-19(14-17)27-2/h3-5,14,16,18H,6-13,15H2,1-2H3,(H,22,25). The Morgan fingerprint density at radius 3 is 2.70 bits per heavy atom. The second-order valence-electron chi connectivity index (χ2n) is 7.78. The van der Waals surface area contributed by atoms with Crippen LogP contribution in [0.25, 0.3) is 0 Å². The van der Waals surface area contributed by atoms with Crippen molar-refractivity contribution >= 4 is 11.8 Å². The van der Waals surface area contributed by atoms with E-state index in [2.05, 4.69) is 17.1 Å². The van der Waals surface area contributed by atoms with Crippen LogP contribution in [0.15, 0.2) is 24.3 Å². The van der Waals surface area contributed by atoms with Gasteiger partial charge in [0, 0.05) is 31.7 Å². The van der Waals surface area contributed by atoms with E-state index in [4.69, 9.17) is 4.74 Å². The van der Waals surface area contributed by atoms with Crippen LogP contribution in [-0.4, -0.2) is 68.0 Å². The lowest BCUT2D eigenvalue weighted by Gasteiger charge is -2.30. The molecule has 2 aliphatic heterocycles. The molecule has 148 valence electrons. The van der Waals surface area contributed by atoms with Crippen molar-refractivity contribution in [1.29, 1.82) is 0 Å². The number of piperidine rings is 1. The number of amides is 2. The highest BCUT2D eigenvalue weighted by Crippen LogP contribution is 2.21. The summed E-state index contributed by atoms with van der Waals surface area (Å²) in [5, 5.41) is 3.06. The largest absolute Gasteiger partial charge is 0.497 e. The number of benzene rings is 1. The van der Waals surface area contributed by atoms with Crippen LogP contribution in [0.1, 0.15) is 36.5 Å². The zero-order chi connectivity index (χ0) is 19.2. The molecule has 3 rings (SSSR count). The first-order chi connectivity index (χ1) is 13.1. The lowest BCUT2D eigenvalue weighted by atomic mass is 9.99. The molecule has 0 aliphatic carbocycles. The predicted octanol–water partition coefficient (Wildman–Crippen LogP) is 2.01. The molecule has 2 heterocycles. The van der Waals surface area contributed by atoms with Crippen LogP contribution in [0.2, 0.25) is 0 Å². The molecule has 0 saturated carbocycles. The minimum Gasteiger partial charge on any atom is -0.497 e. The highest BCUT2D eigenvalue weighted by molar-refractivity contribution is 5.95. The van der Waals surface area contributed by atoms with Gasteiger partial charge in [-0.1, -0.05) is 13.0 Å². The Morgan fingerprint density at radius 1 is 1.19 bits per heavy atom. The molecule has 2 saturated heterocycles. The third-order valence-electron chi connectivity index (χ3n) is 5.77. The summed E-state index contributed by atoms with van der Waals surface area (Å²) in [5.74, 6) is 1.41. The molecule has 6 heteroatoms. The highest BCUT2D eigenvalue weighted by atomic mass is 16.5. The van der Waals surface area contributed by atoms with Gasteiger partial charge in [-0.25, -0.2) is 0 Å². The van der Waals surface area contributed by atoms with Crippen molar-refractivity contribution < 1.29 is 14.3 Å². The second kappa shape index (κ2) is 9.22. The van der Waals surface area contributed by atoms with E-state index in [-0.39, 0.29) is 17.7 Å². The molecule has 0 bridgehead atoms. The summed E-state index contributed by atoms with van der Waals surface area (Å²) in [6, 6.07) is 7.17. The van der Waals surface area contributed by atoms with Crippen LogP contribution >= 0.6 is 0 Å². The van der Waals surface area contributed by atoms with E-state index in [1.165, 1.54) is 12.8 Å². The van der Waals surface area contributed by atoms with Crippen molar-refractivity contribution in [3.8, 4) is 5.75 Å². The Morgan fingerprint density at radius 2 is 1.96 bits per heavy atom. The Bertz CT molecular complexity index is 656. The first-order valence-electron chi connectivity index (χ1n) is 10.00. The maximum atomic E-state index is 12.7. The molecular formula is C21H31N3O3. The number of methoxy groups -OCH3 is 1. The predicted molar refractivity (Wildman–Crippen MR) is 105 cm³/mol. The molecule has 1 atom stereocenters. The van der Waals surface area contributed by atoms with Gasteiger partial charge in [-0.3, -0.25) is 9.59 Å². The maximum absolute atomic E-state index is 12.7. The summed E-state index contributed by atoms with van der Waals surface area (Å²) >= 11 is 0. The first-order valence-corrected chi connectivity index (χ1v) is 10.00. The van der Waals surface area contributed by atoms with Crippen molar-refractivity contribution in [2.24, 2.45) is 11.8 Å². The topological polar surface area (TPSA) is 61.9 Å². The van der Waals surface area contributed by atoms with Gasteiger partial charge in [0.15, 0.2) is 0 Å². The van der Waals surface area contributed by atoms with E-state index in [0.29, 0.717) is 30.9 Å². The molecule has 0 radical (unpaired) electrons. The van der Waals surface area contributed by atoms with E-state index in [0.717, 1.165) is 32.0 Å². The number of hydrogen-bond donors (Lipinski definition) is 1. The van der Waals surface area contributed by atoms with Gasteiger partial charge in [0.05, 0.1) is 13.0 Å². The summed E-state index contributed by atoms with van der Waals surface area (Å²) in [5.41, 5.74) is 0.606. The third-order valence-corrected chi connectivity index (χ3v) is 5.77. The lowest BCUT2D eigenvalue weighted by Crippen LogP contribution is -2.41. The van der Waals surface area contributed by atoms with Crippen molar-refractivity contribution in [1.82, 2.24) is 15.1 Å². The minimum atomic E-state index is -0.110. The van der Waals surface area contributed by atoms with Crippen molar-refractivity contribution in [2.45, 2.75) is 26.2 Å². The van der Waals surface area contributed by atoms with Crippen molar-refractivity contribution in [2.75, 3.05) is 46.4 Å². The Kier molecular flexibility index (Phi) is 6.72. The van der Waals surface area contributed by atoms with Crippen LogP contribution in [0, 0.1) is 11.8 Å². The van der Waals surface area contributed by atoms with Crippen LogP contribution in [0.5, 0.6) is 5.75 Å². The van der Waals surface area contributed by atoms with Gasteiger partial charge < -0.3 is 19.9 Å². The second-order valence-corrected chi connectivity index (χ2v) is 7.78. The van der Waals surface area contributed by atoms with Crippen LogP contribution in [-0.2, 0) is 4.79 Å². The van der Waals surface area contributed by atoms with Crippen LogP contribution in [0.3, 0.4) is 0 Å². The first kappa shape index (κ1) is 19.7. The molecule has 27 heavy (non-hydrogen) atoms. The fourth-order valence-electron chi connectivity index (χ4n) is 3.86. The van der Waals surface area contributed by atoms with Gasteiger partial charge in [-0.2, -0.15) is 0 Å². The Hall–Kier alpha value is -2.08. The molecule has 1 N–H and O–H groups in total. The van der Waals surface area contributed by atoms with E-state index in [1.54, 1.807) is 24.1 Å². The van der Waals surface area contributed by atoms with E-state index >= 15 is 0 Å². The number of carbonyl (C=O) groups is 2. The lowest BCUT2D eigenvalue weighted by molar-refractivity contribution is -0.124. The summed E-state index contributed by atoms with van der Waals surface area (Å²) in [7, 11) is 1.59. The SMILES string of the molecule is COc1cccc(C(=O)N2CCC(C(=O)NCCN3CCC(C)CC3)C2)c1. The molecule has 2 aliphatic rings. The van der Waals surface area contributed by atoms with Crippen molar-refractivity contribution in [3.63, 3.8) is 0 Å². The number of nitrogens with one attached hydrogen (secondary N) is 1. The summed E-state index contributed by atoms with van der Waals surface area (Å²) in [4.78, 5) is 29.3. The van der Waals surface area contributed by atoms with Gasteiger partial charge in [-0.05, 0) is 56.5 Å². The molecule has 0 spiro atoms. The molecule has 1 aromatic carbocycles. The summed E-state index contributed by atoms with van der Waals surface area (Å²) in [6.07, 6.45) is 3.22. The van der Waals surface area contributed by atoms with Gasteiger partial charge in [0.1, 0.15) is 5.75 Å². The fourth-order valence-corrected chi connectivity index (χ4v) is 3.86. The minimum absolute atomic E-state index is 0.0355. The van der Waals surface area contributed by atoms with E-state index in [9.17, 15) is 9.59 Å². The molecule has 2 amide bonds. The van der Waals surface area contributed by atoms with Crippen LogP contribution < -0.4 is 10.1 Å². The Labute approximate surface area is 161 Å². The van der Waals surface area contributed by atoms with Crippen molar-refractivity contribution in [3.05, 3.63) is 29.8 Å². The number of hydrogen-bond acceptors (Lipinski definition) is 4. The average molecular weight is 373 g/mol. The Balaban J connectivity index is 1.43. The quantitative estimate of drug-likeness (QED) is 0.829. The monoisotopic (exact) mass is 373 g/mol. The van der Waals surface area contributed by atoms with Gasteiger partial charge in [-0.15, -0.1) is 0 Å². The van der Waals surface area contributed by atoms with E-state index < -0.39 is 0 Å². The van der Waals surface area contributed by atoms with E-state index in [1.807, 2.05) is 12.1 Å². The molecular weight excluding hydrogens is 342 g/mol. The molecule has 2 fully saturated rings. The number of carbonyl (C=O) groups excluding carboxylic acids is 2. The number of rotatable bonds is 6. The van der Waals surface area contributed by atoms with Gasteiger partial charge in [0.25, 0.3) is 5.91 Å². The average Bonchev–Trinajstić information content (AvgIpc) is 3.19. The van der Waals surface area contributed by atoms with Crippen LogP contribution in [0.4, 0.5) is 0 Å². The number of likely N-dealkylation sites (tertiary alicyclic amines) is 2. The third kappa shape index (κ3) is 5.22. The molecule has 6 nitrogen and oxygen atoms in total. The molecule has 1 unspecified atom stereocenters. The smallest absolute Gasteiger partial charge is 0.254 e. The molecule has 1 aromatic rings. The fraction of sp³-hybridized carbons (Fsp3) is 0.619. The summed E-state index contributed by atoms with van der Waals surface area (Å²) < 4.78 is 5.19. The maximum Gasteiger partial charge on any atom is 0.254 e.